The lowest BCUT2D eigenvalue weighted by Crippen LogP contribution is -2.10. The van der Waals surface area contributed by atoms with Crippen molar-refractivity contribution in [2.24, 2.45) is 0 Å². The van der Waals surface area contributed by atoms with Crippen LogP contribution in [0.2, 0.25) is 0 Å². The van der Waals surface area contributed by atoms with Crippen molar-refractivity contribution in [1.29, 1.82) is 5.26 Å². The standard InChI is InChI=1S/C21H19F3N4OS/c1-2-3-4-9-29-19-8-7-15(10-17(19)21(22,23)24)27-20-28-18(13-30-20)14-5-6-16(11-25)26-12-14/h5-8,10,12-13H,2-4,9H2,1H3,(H,27,28). The fourth-order valence-electron chi connectivity index (χ4n) is 2.69. The van der Waals surface area contributed by atoms with Crippen LogP contribution in [0, 0.1) is 11.3 Å². The van der Waals surface area contributed by atoms with E-state index in [-0.39, 0.29) is 18.0 Å². The van der Waals surface area contributed by atoms with Crippen LogP contribution in [0.5, 0.6) is 5.75 Å². The van der Waals surface area contributed by atoms with Crippen LogP contribution < -0.4 is 10.1 Å². The molecule has 3 aromatic rings. The van der Waals surface area contributed by atoms with Gasteiger partial charge in [-0.05, 0) is 36.8 Å². The highest BCUT2D eigenvalue weighted by Gasteiger charge is 2.34. The summed E-state index contributed by atoms with van der Waals surface area (Å²) in [4.78, 5) is 8.38. The lowest BCUT2D eigenvalue weighted by atomic mass is 10.1. The van der Waals surface area contributed by atoms with E-state index < -0.39 is 11.7 Å². The molecule has 3 rings (SSSR count). The molecule has 156 valence electrons. The van der Waals surface area contributed by atoms with Gasteiger partial charge in [-0.1, -0.05) is 19.8 Å². The third kappa shape index (κ3) is 5.48. The number of nitrogens with zero attached hydrogens (tertiary/aromatic N) is 3. The Morgan fingerprint density at radius 1 is 1.20 bits per heavy atom. The summed E-state index contributed by atoms with van der Waals surface area (Å²) in [6.07, 6.45) is -0.418. The van der Waals surface area contributed by atoms with Crippen molar-refractivity contribution >= 4 is 22.2 Å². The minimum Gasteiger partial charge on any atom is -0.493 e. The molecule has 9 heteroatoms. The molecule has 2 heterocycles. The van der Waals surface area contributed by atoms with E-state index in [4.69, 9.17) is 10.00 Å². The van der Waals surface area contributed by atoms with Crippen LogP contribution in [0.4, 0.5) is 24.0 Å². The van der Waals surface area contributed by atoms with Crippen molar-refractivity contribution in [3.8, 4) is 23.1 Å². The van der Waals surface area contributed by atoms with E-state index in [1.807, 2.05) is 13.0 Å². The summed E-state index contributed by atoms with van der Waals surface area (Å²) in [5.41, 5.74) is 1.07. The number of unbranched alkanes of at least 4 members (excludes halogenated alkanes) is 2. The molecule has 0 spiro atoms. The van der Waals surface area contributed by atoms with Crippen LogP contribution in [0.1, 0.15) is 37.4 Å². The van der Waals surface area contributed by atoms with Gasteiger partial charge < -0.3 is 10.1 Å². The smallest absolute Gasteiger partial charge is 0.420 e. The molecule has 2 aromatic heterocycles. The molecule has 0 aliphatic rings. The maximum atomic E-state index is 13.5. The molecule has 0 fully saturated rings. The van der Waals surface area contributed by atoms with Gasteiger partial charge in [-0.2, -0.15) is 18.4 Å². The van der Waals surface area contributed by atoms with Gasteiger partial charge in [-0.15, -0.1) is 11.3 Å². The zero-order valence-electron chi connectivity index (χ0n) is 16.2. The van der Waals surface area contributed by atoms with E-state index >= 15 is 0 Å². The number of nitriles is 1. The third-order valence-corrected chi connectivity index (χ3v) is 4.98. The van der Waals surface area contributed by atoms with Crippen molar-refractivity contribution in [2.45, 2.75) is 32.4 Å². The van der Waals surface area contributed by atoms with E-state index in [0.717, 1.165) is 18.9 Å². The van der Waals surface area contributed by atoms with Gasteiger partial charge in [0.2, 0.25) is 0 Å². The minimum absolute atomic E-state index is 0.173. The van der Waals surface area contributed by atoms with Gasteiger partial charge in [0.1, 0.15) is 17.5 Å². The SMILES string of the molecule is CCCCCOc1ccc(Nc2nc(-c3ccc(C#N)nc3)cs2)cc1C(F)(F)F. The van der Waals surface area contributed by atoms with Gasteiger partial charge in [0, 0.05) is 22.8 Å². The van der Waals surface area contributed by atoms with Crippen LogP contribution in [-0.2, 0) is 6.18 Å². The number of pyridine rings is 1. The average Bonchev–Trinajstić information content (AvgIpc) is 3.20. The maximum absolute atomic E-state index is 13.5. The second-order valence-electron chi connectivity index (χ2n) is 6.47. The van der Waals surface area contributed by atoms with Gasteiger partial charge in [0.15, 0.2) is 5.13 Å². The van der Waals surface area contributed by atoms with Crippen molar-refractivity contribution < 1.29 is 17.9 Å². The molecule has 0 bridgehead atoms. The number of benzene rings is 1. The predicted molar refractivity (Wildman–Crippen MR) is 110 cm³/mol. The van der Waals surface area contributed by atoms with E-state index in [2.05, 4.69) is 15.3 Å². The van der Waals surface area contributed by atoms with Crippen LogP contribution >= 0.6 is 11.3 Å². The van der Waals surface area contributed by atoms with E-state index in [1.54, 1.807) is 17.5 Å². The van der Waals surface area contributed by atoms with Crippen molar-refractivity contribution in [3.05, 3.63) is 53.2 Å². The fourth-order valence-corrected chi connectivity index (χ4v) is 3.43. The number of rotatable bonds is 8. The number of ether oxygens (including phenoxy) is 1. The summed E-state index contributed by atoms with van der Waals surface area (Å²) in [7, 11) is 0. The fraction of sp³-hybridized carbons (Fsp3) is 0.286. The number of halogens is 3. The number of hydrogen-bond donors (Lipinski definition) is 1. The Balaban J connectivity index is 1.76. The second kappa shape index (κ2) is 9.59. The highest BCUT2D eigenvalue weighted by atomic mass is 32.1. The normalized spacial score (nSPS) is 11.2. The summed E-state index contributed by atoms with van der Waals surface area (Å²) < 4.78 is 45.8. The van der Waals surface area contributed by atoms with Crippen LogP contribution in [0.15, 0.2) is 41.9 Å². The third-order valence-electron chi connectivity index (χ3n) is 4.22. The quantitative estimate of drug-likeness (QED) is 0.417. The number of anilines is 2. The first-order chi connectivity index (χ1) is 14.4. The number of hydrogen-bond acceptors (Lipinski definition) is 6. The van der Waals surface area contributed by atoms with Crippen LogP contribution in [0.25, 0.3) is 11.3 Å². The Hall–Kier alpha value is -3.12. The van der Waals surface area contributed by atoms with Gasteiger partial charge in [0.25, 0.3) is 0 Å². The average molecular weight is 432 g/mol. The Kier molecular flexibility index (Phi) is 6.90. The van der Waals surface area contributed by atoms with Crippen LogP contribution in [-0.4, -0.2) is 16.6 Å². The molecule has 30 heavy (non-hydrogen) atoms. The van der Waals surface area contributed by atoms with E-state index in [0.29, 0.717) is 28.5 Å². The number of aromatic nitrogens is 2. The molecule has 5 nitrogen and oxygen atoms in total. The zero-order chi connectivity index (χ0) is 21.6. The van der Waals surface area contributed by atoms with E-state index in [9.17, 15) is 13.2 Å². The second-order valence-corrected chi connectivity index (χ2v) is 7.33. The largest absolute Gasteiger partial charge is 0.493 e. The molecule has 0 aliphatic heterocycles. The Morgan fingerprint density at radius 3 is 2.70 bits per heavy atom. The van der Waals surface area contributed by atoms with Crippen molar-refractivity contribution in [1.82, 2.24) is 9.97 Å². The molecule has 0 unspecified atom stereocenters. The minimum atomic E-state index is -4.53. The predicted octanol–water partition coefficient (Wildman–Crippen LogP) is 6.41. The first-order valence-electron chi connectivity index (χ1n) is 9.34. The van der Waals surface area contributed by atoms with Crippen molar-refractivity contribution in [3.63, 3.8) is 0 Å². The van der Waals surface area contributed by atoms with Gasteiger partial charge in [-0.25, -0.2) is 9.97 Å². The molecule has 0 saturated heterocycles. The summed E-state index contributed by atoms with van der Waals surface area (Å²) in [5, 5.41) is 13.9. The molecular formula is C21H19F3N4OS. The number of thiazole rings is 1. The molecular weight excluding hydrogens is 413 g/mol. The molecule has 0 amide bonds. The van der Waals surface area contributed by atoms with Gasteiger partial charge in [-0.3, -0.25) is 0 Å². The van der Waals surface area contributed by atoms with Gasteiger partial charge in [0.05, 0.1) is 17.9 Å². The van der Waals surface area contributed by atoms with Crippen LogP contribution in [0.3, 0.4) is 0 Å². The Bertz CT molecular complexity index is 1030. The lowest BCUT2D eigenvalue weighted by Gasteiger charge is -2.15. The number of nitrogens with one attached hydrogen (secondary N) is 1. The summed E-state index contributed by atoms with van der Waals surface area (Å²) in [5.74, 6) is -0.173. The lowest BCUT2D eigenvalue weighted by molar-refractivity contribution is -0.138. The maximum Gasteiger partial charge on any atom is 0.420 e. The summed E-state index contributed by atoms with van der Waals surface area (Å²) in [6, 6.07) is 9.13. The molecule has 0 saturated carbocycles. The molecule has 0 radical (unpaired) electrons. The summed E-state index contributed by atoms with van der Waals surface area (Å²) in [6.45, 7) is 2.27. The molecule has 0 atom stereocenters. The zero-order valence-corrected chi connectivity index (χ0v) is 17.0. The Labute approximate surface area is 176 Å². The highest BCUT2D eigenvalue weighted by molar-refractivity contribution is 7.14. The first kappa shape index (κ1) is 21.6. The highest BCUT2D eigenvalue weighted by Crippen LogP contribution is 2.39. The van der Waals surface area contributed by atoms with Gasteiger partial charge >= 0.3 is 6.18 Å². The van der Waals surface area contributed by atoms with E-state index in [1.165, 1.54) is 29.7 Å². The first-order valence-corrected chi connectivity index (χ1v) is 10.2. The molecule has 0 aliphatic carbocycles. The molecule has 1 N–H and O–H groups in total. The number of alkyl halides is 3. The summed E-state index contributed by atoms with van der Waals surface area (Å²) >= 11 is 1.26. The molecule has 1 aromatic carbocycles. The topological polar surface area (TPSA) is 70.8 Å². The Morgan fingerprint density at radius 2 is 2.03 bits per heavy atom. The monoisotopic (exact) mass is 432 g/mol. The van der Waals surface area contributed by atoms with Crippen molar-refractivity contribution in [2.75, 3.05) is 11.9 Å².